The average Bonchev–Trinajstić information content (AvgIpc) is 2.70. The normalized spacial score (nSPS) is 15.0. The molecule has 0 spiro atoms. The Hall–Kier alpha value is -2.77. The van der Waals surface area contributed by atoms with Crippen molar-refractivity contribution in [2.75, 3.05) is 49.9 Å². The van der Waals surface area contributed by atoms with Gasteiger partial charge in [0.05, 0.1) is 6.54 Å². The van der Waals surface area contributed by atoms with E-state index >= 15 is 0 Å². The number of halogens is 1. The van der Waals surface area contributed by atoms with Gasteiger partial charge in [0, 0.05) is 50.5 Å². The molecule has 0 radical (unpaired) electrons. The predicted octanol–water partition coefficient (Wildman–Crippen LogP) is 3.03. The van der Waals surface area contributed by atoms with Crippen molar-refractivity contribution in [1.82, 2.24) is 9.80 Å². The first-order chi connectivity index (χ1) is 14.4. The zero-order valence-corrected chi connectivity index (χ0v) is 17.6. The largest absolute Gasteiger partial charge is 0.326 e. The maximum atomic E-state index is 13.2. The number of anilines is 2. The molecule has 1 aliphatic heterocycles. The lowest BCUT2D eigenvalue weighted by Gasteiger charge is -2.34. The number of hydrogen-bond acceptors (Lipinski definition) is 4. The average molecular weight is 413 g/mol. The molecule has 1 saturated heterocycles. The molecule has 160 valence electrons. The number of amides is 2. The van der Waals surface area contributed by atoms with Gasteiger partial charge in [0.25, 0.3) is 0 Å². The molecule has 1 heterocycles. The number of nitrogens with one attached hydrogen (secondary N) is 2. The fraction of sp³-hybridized carbons (Fsp3) is 0.391. The Kier molecular flexibility index (Phi) is 7.54. The molecule has 2 aromatic carbocycles. The Balaban J connectivity index is 1.37. The van der Waals surface area contributed by atoms with E-state index in [4.69, 9.17) is 0 Å². The summed E-state index contributed by atoms with van der Waals surface area (Å²) < 4.78 is 13.2. The molecule has 0 aliphatic carbocycles. The minimum Gasteiger partial charge on any atom is -0.326 e. The summed E-state index contributed by atoms with van der Waals surface area (Å²) in [7, 11) is 0. The van der Waals surface area contributed by atoms with Gasteiger partial charge in [0.2, 0.25) is 11.8 Å². The van der Waals surface area contributed by atoms with Gasteiger partial charge in [-0.2, -0.15) is 0 Å². The number of rotatable bonds is 7. The van der Waals surface area contributed by atoms with Crippen LogP contribution in [0.5, 0.6) is 0 Å². The molecule has 0 unspecified atom stereocenters. The summed E-state index contributed by atoms with van der Waals surface area (Å²) in [6.07, 6.45) is 0.351. The van der Waals surface area contributed by atoms with Crippen LogP contribution in [0.1, 0.15) is 17.5 Å². The highest BCUT2D eigenvalue weighted by Crippen LogP contribution is 2.19. The van der Waals surface area contributed by atoms with Crippen molar-refractivity contribution in [2.45, 2.75) is 20.3 Å². The van der Waals surface area contributed by atoms with Gasteiger partial charge in [-0.25, -0.2) is 4.39 Å². The molecule has 1 fully saturated rings. The first-order valence-corrected chi connectivity index (χ1v) is 10.3. The van der Waals surface area contributed by atoms with Crippen molar-refractivity contribution in [3.05, 3.63) is 59.4 Å². The molecule has 1 aliphatic rings. The van der Waals surface area contributed by atoms with Crippen molar-refractivity contribution in [3.8, 4) is 0 Å². The summed E-state index contributed by atoms with van der Waals surface area (Å²) in [5, 5.41) is 5.75. The lowest BCUT2D eigenvalue weighted by molar-refractivity contribution is -0.117. The van der Waals surface area contributed by atoms with E-state index in [1.165, 1.54) is 12.1 Å². The summed E-state index contributed by atoms with van der Waals surface area (Å²) in [5.41, 5.74) is 3.49. The maximum absolute atomic E-state index is 13.2. The number of benzene rings is 2. The summed E-state index contributed by atoms with van der Waals surface area (Å²) in [6, 6.07) is 11.9. The fourth-order valence-corrected chi connectivity index (χ4v) is 3.61. The number of aryl methyl sites for hydroxylation is 2. The topological polar surface area (TPSA) is 64.7 Å². The van der Waals surface area contributed by atoms with Gasteiger partial charge in [-0.05, 0) is 43.2 Å². The molecule has 2 N–H and O–H groups in total. The highest BCUT2D eigenvalue weighted by Gasteiger charge is 2.20. The van der Waals surface area contributed by atoms with Gasteiger partial charge in [-0.15, -0.1) is 0 Å². The molecular formula is C23H29FN4O2. The Morgan fingerprint density at radius 3 is 2.20 bits per heavy atom. The molecule has 2 aromatic rings. The van der Waals surface area contributed by atoms with Crippen molar-refractivity contribution in [2.24, 2.45) is 0 Å². The molecule has 30 heavy (non-hydrogen) atoms. The van der Waals surface area contributed by atoms with E-state index in [2.05, 4.69) is 20.4 Å². The third-order valence-electron chi connectivity index (χ3n) is 5.34. The van der Waals surface area contributed by atoms with Gasteiger partial charge in [0.1, 0.15) is 5.82 Å². The van der Waals surface area contributed by atoms with Crippen molar-refractivity contribution in [1.29, 1.82) is 0 Å². The van der Waals surface area contributed by atoms with Crippen LogP contribution in [0.15, 0.2) is 42.5 Å². The SMILES string of the molecule is Cc1cccc(C)c1NC(=O)CN1CCN(CCC(=O)Nc2cccc(F)c2)CC1. The Bertz CT molecular complexity index is 874. The molecule has 0 atom stereocenters. The van der Waals surface area contributed by atoms with Crippen LogP contribution in [0.3, 0.4) is 0 Å². The standard InChI is InChI=1S/C23H29FN4O2/c1-17-5-3-6-18(2)23(17)26-22(30)16-28-13-11-27(12-14-28)10-9-21(29)25-20-8-4-7-19(24)15-20/h3-8,15H,9-14,16H2,1-2H3,(H,25,29)(H,26,30). The van der Waals surface area contributed by atoms with E-state index in [1.54, 1.807) is 12.1 Å². The van der Waals surface area contributed by atoms with Crippen molar-refractivity contribution in [3.63, 3.8) is 0 Å². The van der Waals surface area contributed by atoms with E-state index in [1.807, 2.05) is 32.0 Å². The van der Waals surface area contributed by atoms with Crippen LogP contribution in [0, 0.1) is 19.7 Å². The number of piperazine rings is 1. The molecule has 0 bridgehead atoms. The number of carbonyl (C=O) groups is 2. The van der Waals surface area contributed by atoms with Crippen LogP contribution < -0.4 is 10.6 Å². The van der Waals surface area contributed by atoms with Crippen LogP contribution in [0.4, 0.5) is 15.8 Å². The van der Waals surface area contributed by atoms with Gasteiger partial charge < -0.3 is 15.5 Å². The molecule has 6 nitrogen and oxygen atoms in total. The molecule has 3 rings (SSSR count). The summed E-state index contributed by atoms with van der Waals surface area (Å²) in [6.45, 7) is 8.17. The number of hydrogen-bond donors (Lipinski definition) is 2. The van der Waals surface area contributed by atoms with Gasteiger partial charge in [0.15, 0.2) is 0 Å². The van der Waals surface area contributed by atoms with Crippen LogP contribution in [0.25, 0.3) is 0 Å². The molecule has 0 aromatic heterocycles. The molecule has 2 amide bonds. The summed E-state index contributed by atoms with van der Waals surface area (Å²) in [4.78, 5) is 28.9. The Morgan fingerprint density at radius 2 is 1.53 bits per heavy atom. The molecule has 7 heteroatoms. The number of nitrogens with zero attached hydrogens (tertiary/aromatic N) is 2. The highest BCUT2D eigenvalue weighted by atomic mass is 19.1. The van der Waals surface area contributed by atoms with Crippen LogP contribution >= 0.6 is 0 Å². The molecule has 0 saturated carbocycles. The number of carbonyl (C=O) groups excluding carboxylic acids is 2. The summed E-state index contributed by atoms with van der Waals surface area (Å²) >= 11 is 0. The monoisotopic (exact) mass is 412 g/mol. The van der Waals surface area contributed by atoms with Crippen LogP contribution in [-0.4, -0.2) is 60.9 Å². The second-order valence-corrected chi connectivity index (χ2v) is 7.74. The quantitative estimate of drug-likeness (QED) is 0.734. The maximum Gasteiger partial charge on any atom is 0.238 e. The predicted molar refractivity (Wildman–Crippen MR) is 117 cm³/mol. The first kappa shape index (κ1) is 21.9. The Morgan fingerprint density at radius 1 is 0.900 bits per heavy atom. The lowest BCUT2D eigenvalue weighted by Crippen LogP contribution is -2.49. The second kappa shape index (κ2) is 10.3. The van der Waals surface area contributed by atoms with Gasteiger partial charge >= 0.3 is 0 Å². The number of para-hydroxylation sites is 1. The smallest absolute Gasteiger partial charge is 0.238 e. The third kappa shape index (κ3) is 6.37. The third-order valence-corrected chi connectivity index (χ3v) is 5.34. The van der Waals surface area contributed by atoms with Gasteiger partial charge in [-0.3, -0.25) is 14.5 Å². The van der Waals surface area contributed by atoms with Crippen LogP contribution in [0.2, 0.25) is 0 Å². The van der Waals surface area contributed by atoms with Crippen LogP contribution in [-0.2, 0) is 9.59 Å². The summed E-state index contributed by atoms with van der Waals surface area (Å²) in [5.74, 6) is -0.503. The molecular weight excluding hydrogens is 383 g/mol. The fourth-order valence-electron chi connectivity index (χ4n) is 3.61. The lowest BCUT2D eigenvalue weighted by atomic mass is 10.1. The first-order valence-electron chi connectivity index (χ1n) is 10.3. The van der Waals surface area contributed by atoms with E-state index in [0.717, 1.165) is 43.0 Å². The second-order valence-electron chi connectivity index (χ2n) is 7.74. The highest BCUT2D eigenvalue weighted by molar-refractivity contribution is 5.93. The minimum absolute atomic E-state index is 0.00433. The minimum atomic E-state index is -0.370. The zero-order valence-electron chi connectivity index (χ0n) is 17.6. The van der Waals surface area contributed by atoms with E-state index in [0.29, 0.717) is 25.2 Å². The van der Waals surface area contributed by atoms with E-state index < -0.39 is 0 Å². The van der Waals surface area contributed by atoms with E-state index in [-0.39, 0.29) is 17.6 Å². The Labute approximate surface area is 177 Å². The van der Waals surface area contributed by atoms with Gasteiger partial charge in [-0.1, -0.05) is 24.3 Å². The van der Waals surface area contributed by atoms with Crippen molar-refractivity contribution >= 4 is 23.2 Å². The van der Waals surface area contributed by atoms with E-state index in [9.17, 15) is 14.0 Å². The van der Waals surface area contributed by atoms with Crippen molar-refractivity contribution < 1.29 is 14.0 Å². The zero-order chi connectivity index (χ0) is 21.5.